The maximum Gasteiger partial charge on any atom is 0.249 e. The van der Waals surface area contributed by atoms with Crippen LogP contribution in [-0.4, -0.2) is 40.0 Å². The molecule has 4 rings (SSSR count). The molecular formula is C33H37N3O3. The third-order valence-electron chi connectivity index (χ3n) is 6.69. The van der Waals surface area contributed by atoms with Crippen LogP contribution in [0.3, 0.4) is 0 Å². The average Bonchev–Trinajstić information content (AvgIpc) is 3.22. The second-order valence-corrected chi connectivity index (χ2v) is 10.3. The van der Waals surface area contributed by atoms with Gasteiger partial charge in [-0.15, -0.1) is 0 Å². The molecule has 0 saturated heterocycles. The largest absolute Gasteiger partial charge is 0.364 e. The van der Waals surface area contributed by atoms with Crippen LogP contribution in [0.5, 0.6) is 0 Å². The number of carbonyl (C=O) groups excluding carboxylic acids is 2. The zero-order valence-electron chi connectivity index (χ0n) is 23.6. The zero-order chi connectivity index (χ0) is 28.1. The maximum atomic E-state index is 13.7. The molecule has 1 atom stereocenters. The third-order valence-corrected chi connectivity index (χ3v) is 6.69. The van der Waals surface area contributed by atoms with Crippen LogP contribution < -0.4 is 5.32 Å². The molecule has 0 unspecified atom stereocenters. The molecule has 1 N–H and O–H groups in total. The molecule has 0 fully saturated rings. The summed E-state index contributed by atoms with van der Waals surface area (Å²) in [6.07, 6.45) is 4.13. The van der Waals surface area contributed by atoms with Gasteiger partial charge >= 0.3 is 0 Å². The number of ether oxygens (including phenoxy) is 1. The number of carbonyl (C=O) groups is 2. The van der Waals surface area contributed by atoms with Crippen LogP contribution in [0.1, 0.15) is 67.4 Å². The van der Waals surface area contributed by atoms with Gasteiger partial charge in [-0.1, -0.05) is 43.3 Å². The Hall–Kier alpha value is -4.03. The number of hydrogen-bond acceptors (Lipinski definition) is 4. The van der Waals surface area contributed by atoms with Crippen LogP contribution >= 0.6 is 0 Å². The van der Waals surface area contributed by atoms with Gasteiger partial charge < -0.3 is 14.6 Å². The lowest BCUT2D eigenvalue weighted by Gasteiger charge is -2.15. The molecule has 1 amide bonds. The number of amides is 1. The number of benzene rings is 2. The summed E-state index contributed by atoms with van der Waals surface area (Å²) in [5, 5.41) is 2.87. The average molecular weight is 524 g/mol. The van der Waals surface area contributed by atoms with Crippen molar-refractivity contribution in [1.82, 2.24) is 14.9 Å². The number of hydrogen-bond donors (Lipinski definition) is 1. The number of ketones is 1. The molecule has 6 nitrogen and oxygen atoms in total. The molecular weight excluding hydrogens is 486 g/mol. The molecule has 0 saturated carbocycles. The van der Waals surface area contributed by atoms with Gasteiger partial charge in [-0.3, -0.25) is 14.6 Å². The van der Waals surface area contributed by atoms with Crippen molar-refractivity contribution in [2.24, 2.45) is 0 Å². The molecule has 2 heterocycles. The molecule has 0 spiro atoms. The zero-order valence-corrected chi connectivity index (χ0v) is 23.6. The molecule has 202 valence electrons. The van der Waals surface area contributed by atoms with Crippen LogP contribution in [0.4, 0.5) is 0 Å². The van der Waals surface area contributed by atoms with Gasteiger partial charge in [0, 0.05) is 29.2 Å². The highest BCUT2D eigenvalue weighted by molar-refractivity contribution is 6.17. The predicted octanol–water partition coefficient (Wildman–Crippen LogP) is 6.46. The lowest BCUT2D eigenvalue weighted by atomic mass is 10.00. The molecule has 0 aliphatic heterocycles. The maximum absolute atomic E-state index is 13.7. The summed E-state index contributed by atoms with van der Waals surface area (Å²) in [5.41, 5.74) is 7.80. The molecule has 0 radical (unpaired) electrons. The van der Waals surface area contributed by atoms with E-state index in [9.17, 15) is 9.59 Å². The summed E-state index contributed by atoms with van der Waals surface area (Å²) in [6, 6.07) is 19.9. The highest BCUT2D eigenvalue weighted by Crippen LogP contribution is 2.30. The molecule has 0 aliphatic carbocycles. The van der Waals surface area contributed by atoms with Gasteiger partial charge in [-0.2, -0.15) is 0 Å². The predicted molar refractivity (Wildman–Crippen MR) is 157 cm³/mol. The number of aryl methyl sites for hydroxylation is 1. The summed E-state index contributed by atoms with van der Waals surface area (Å²) in [5.74, 6) is -0.139. The van der Waals surface area contributed by atoms with Crippen molar-refractivity contribution >= 4 is 28.8 Å². The van der Waals surface area contributed by atoms with Gasteiger partial charge in [0.1, 0.15) is 6.10 Å². The van der Waals surface area contributed by atoms with E-state index < -0.39 is 6.10 Å². The van der Waals surface area contributed by atoms with E-state index >= 15 is 0 Å². The highest BCUT2D eigenvalue weighted by atomic mass is 16.5. The van der Waals surface area contributed by atoms with Crippen molar-refractivity contribution in [3.63, 3.8) is 0 Å². The fourth-order valence-electron chi connectivity index (χ4n) is 4.73. The van der Waals surface area contributed by atoms with Crippen LogP contribution in [-0.2, 0) is 16.0 Å². The summed E-state index contributed by atoms with van der Waals surface area (Å²) >= 11 is 0. The number of rotatable bonds is 10. The third kappa shape index (κ3) is 6.35. The van der Waals surface area contributed by atoms with Gasteiger partial charge in [0.2, 0.25) is 5.91 Å². The number of nitrogens with one attached hydrogen (secondary N) is 1. The SMILES string of the molecule is CCc1cccc(C(=O)c2c(C)n(-c3cccc(/C=C(\C)CO[C@@H](C)C(=O)NC(C)C)c3)c3cccnc23)c1. The fourth-order valence-corrected chi connectivity index (χ4v) is 4.73. The van der Waals surface area contributed by atoms with Crippen LogP contribution in [0.25, 0.3) is 22.8 Å². The summed E-state index contributed by atoms with van der Waals surface area (Å²) < 4.78 is 7.89. The minimum Gasteiger partial charge on any atom is -0.364 e. The van der Waals surface area contributed by atoms with Gasteiger partial charge in [0.15, 0.2) is 5.78 Å². The van der Waals surface area contributed by atoms with Crippen molar-refractivity contribution in [2.75, 3.05) is 6.61 Å². The fraction of sp³-hybridized carbons (Fsp3) is 0.303. The van der Waals surface area contributed by atoms with E-state index in [0.717, 1.165) is 40.0 Å². The first-order valence-corrected chi connectivity index (χ1v) is 13.5. The van der Waals surface area contributed by atoms with Gasteiger partial charge in [0.05, 0.1) is 23.2 Å². The molecule has 0 bridgehead atoms. The second-order valence-electron chi connectivity index (χ2n) is 10.3. The molecule has 0 aliphatic rings. The van der Waals surface area contributed by atoms with Crippen LogP contribution in [0.2, 0.25) is 0 Å². The van der Waals surface area contributed by atoms with Crippen molar-refractivity contribution < 1.29 is 14.3 Å². The van der Waals surface area contributed by atoms with E-state index in [0.29, 0.717) is 23.3 Å². The first-order valence-electron chi connectivity index (χ1n) is 13.5. The molecule has 6 heteroatoms. The lowest BCUT2D eigenvalue weighted by Crippen LogP contribution is -2.38. The Morgan fingerprint density at radius 3 is 2.56 bits per heavy atom. The van der Waals surface area contributed by atoms with E-state index in [1.165, 1.54) is 0 Å². The normalized spacial score (nSPS) is 12.6. The summed E-state index contributed by atoms with van der Waals surface area (Å²) in [6.45, 7) is 12.0. The quantitative estimate of drug-likeness (QED) is 0.242. The van der Waals surface area contributed by atoms with E-state index in [1.54, 1.807) is 13.1 Å². The second kappa shape index (κ2) is 12.2. The van der Waals surface area contributed by atoms with Gasteiger partial charge in [0.25, 0.3) is 0 Å². The Bertz CT molecular complexity index is 1530. The van der Waals surface area contributed by atoms with Gasteiger partial charge in [-0.25, -0.2) is 0 Å². The van der Waals surface area contributed by atoms with E-state index in [4.69, 9.17) is 4.74 Å². The molecule has 2 aromatic heterocycles. The Morgan fingerprint density at radius 1 is 1.05 bits per heavy atom. The highest BCUT2D eigenvalue weighted by Gasteiger charge is 2.23. The number of aromatic nitrogens is 2. The standard InChI is InChI=1S/C33H37N3O3/c1-7-25-11-8-13-27(18-25)32(37)30-23(5)36(29-15-10-16-34-31(29)30)28-14-9-12-26(19-28)17-22(4)20-39-24(6)33(38)35-21(2)3/h8-19,21,24H,7,20H2,1-6H3,(H,35,38)/b22-17+/t24-/m0/s1. The van der Waals surface area contributed by atoms with E-state index in [-0.39, 0.29) is 17.7 Å². The summed E-state index contributed by atoms with van der Waals surface area (Å²) in [4.78, 5) is 30.5. The first kappa shape index (κ1) is 28.0. The summed E-state index contributed by atoms with van der Waals surface area (Å²) in [7, 11) is 0. The molecule has 2 aromatic carbocycles. The number of nitrogens with zero attached hydrogens (tertiary/aromatic N) is 2. The van der Waals surface area contributed by atoms with E-state index in [2.05, 4.69) is 33.9 Å². The van der Waals surface area contributed by atoms with Crippen molar-refractivity contribution in [3.05, 3.63) is 100 Å². The van der Waals surface area contributed by atoms with Crippen molar-refractivity contribution in [1.29, 1.82) is 0 Å². The number of fused-ring (bicyclic) bond motifs is 1. The minimum atomic E-state index is -0.530. The smallest absolute Gasteiger partial charge is 0.249 e. The van der Waals surface area contributed by atoms with Gasteiger partial charge in [-0.05, 0) is 88.1 Å². The van der Waals surface area contributed by atoms with Crippen LogP contribution in [0.15, 0.2) is 72.4 Å². The molecule has 39 heavy (non-hydrogen) atoms. The van der Waals surface area contributed by atoms with Crippen molar-refractivity contribution in [2.45, 2.75) is 60.1 Å². The van der Waals surface area contributed by atoms with Crippen LogP contribution in [0, 0.1) is 6.92 Å². The van der Waals surface area contributed by atoms with E-state index in [1.807, 2.05) is 82.3 Å². The topological polar surface area (TPSA) is 73.2 Å². The first-order chi connectivity index (χ1) is 18.7. The van der Waals surface area contributed by atoms with Crippen molar-refractivity contribution in [3.8, 4) is 5.69 Å². The monoisotopic (exact) mass is 523 g/mol. The molecule has 4 aromatic rings. The lowest BCUT2D eigenvalue weighted by molar-refractivity contribution is -0.131. The minimum absolute atomic E-state index is 0.0232. The Balaban J connectivity index is 1.65. The number of pyridine rings is 1. The Morgan fingerprint density at radius 2 is 1.82 bits per heavy atom. The Labute approximate surface area is 230 Å². The Kier molecular flexibility index (Phi) is 8.77.